The van der Waals surface area contributed by atoms with Crippen LogP contribution in [0.5, 0.6) is 0 Å². The summed E-state index contributed by atoms with van der Waals surface area (Å²) in [5, 5.41) is 15.2. The zero-order valence-electron chi connectivity index (χ0n) is 24.3. The lowest BCUT2D eigenvalue weighted by molar-refractivity contribution is -0.0253. The van der Waals surface area contributed by atoms with Crippen molar-refractivity contribution in [1.29, 1.82) is 0 Å². The lowest BCUT2D eigenvalue weighted by atomic mass is 9.79. The molecule has 0 bridgehead atoms. The highest BCUT2D eigenvalue weighted by Crippen LogP contribution is 2.34. The van der Waals surface area contributed by atoms with Gasteiger partial charge in [0.15, 0.2) is 0 Å². The molecule has 1 heterocycles. The molecule has 42 heavy (non-hydrogen) atoms. The molecule has 6 nitrogen and oxygen atoms in total. The number of hydrogen-bond donors (Lipinski definition) is 2. The van der Waals surface area contributed by atoms with Crippen LogP contribution in [0, 0.1) is 5.92 Å². The smallest absolute Gasteiger partial charge is 0.0776 e. The zero-order chi connectivity index (χ0) is 28.8. The maximum atomic E-state index is 9.17. The Bertz CT molecular complexity index is 1330. The Hall–Kier alpha value is -3.10. The number of fused-ring (bicyclic) bond motifs is 1. The van der Waals surface area contributed by atoms with Crippen LogP contribution in [0.3, 0.4) is 0 Å². The SMILES string of the molecule is OCCCOCC1CNCC(OCc2ccc3ccccc3c2)C1c1ccc(COCCOCc2ccccc2)cc1. The van der Waals surface area contributed by atoms with Crippen molar-refractivity contribution in [2.45, 2.75) is 38.3 Å². The molecular weight excluding hydrogens is 526 g/mol. The van der Waals surface area contributed by atoms with Crippen LogP contribution in [-0.2, 0) is 38.8 Å². The zero-order valence-corrected chi connectivity index (χ0v) is 24.3. The molecule has 2 N–H and O–H groups in total. The minimum Gasteiger partial charge on any atom is -0.396 e. The van der Waals surface area contributed by atoms with Crippen LogP contribution in [0.25, 0.3) is 10.8 Å². The summed E-state index contributed by atoms with van der Waals surface area (Å²) in [6, 6.07) is 33.9. The Morgan fingerprint density at radius 1 is 0.643 bits per heavy atom. The van der Waals surface area contributed by atoms with Gasteiger partial charge in [-0.15, -0.1) is 0 Å². The lowest BCUT2D eigenvalue weighted by Crippen LogP contribution is -2.48. The van der Waals surface area contributed by atoms with Crippen molar-refractivity contribution >= 4 is 10.8 Å². The fourth-order valence-corrected chi connectivity index (χ4v) is 5.62. The first-order valence-corrected chi connectivity index (χ1v) is 15.1. The van der Waals surface area contributed by atoms with E-state index in [-0.39, 0.29) is 24.5 Å². The summed E-state index contributed by atoms with van der Waals surface area (Å²) < 4.78 is 24.2. The van der Waals surface area contributed by atoms with Crippen LogP contribution in [0.4, 0.5) is 0 Å². The number of aliphatic hydroxyl groups excluding tert-OH is 1. The van der Waals surface area contributed by atoms with Gasteiger partial charge in [0.1, 0.15) is 0 Å². The largest absolute Gasteiger partial charge is 0.396 e. The van der Waals surface area contributed by atoms with Gasteiger partial charge in [0, 0.05) is 38.1 Å². The summed E-state index contributed by atoms with van der Waals surface area (Å²) in [6.07, 6.45) is 0.666. The monoisotopic (exact) mass is 569 g/mol. The van der Waals surface area contributed by atoms with Gasteiger partial charge < -0.3 is 29.4 Å². The quantitative estimate of drug-likeness (QED) is 0.165. The van der Waals surface area contributed by atoms with Crippen molar-refractivity contribution in [3.63, 3.8) is 0 Å². The maximum absolute atomic E-state index is 9.17. The average molecular weight is 570 g/mol. The van der Waals surface area contributed by atoms with Crippen molar-refractivity contribution in [3.8, 4) is 0 Å². The lowest BCUT2D eigenvalue weighted by Gasteiger charge is -2.39. The number of rotatable bonds is 16. The predicted molar refractivity (Wildman–Crippen MR) is 166 cm³/mol. The molecule has 0 radical (unpaired) electrons. The molecule has 0 aliphatic carbocycles. The third-order valence-corrected chi connectivity index (χ3v) is 7.83. The van der Waals surface area contributed by atoms with Crippen molar-refractivity contribution in [3.05, 3.63) is 119 Å². The Morgan fingerprint density at radius 2 is 1.33 bits per heavy atom. The minimum absolute atomic E-state index is 0.0144. The van der Waals surface area contributed by atoms with E-state index in [9.17, 15) is 0 Å². The third-order valence-electron chi connectivity index (χ3n) is 7.83. The van der Waals surface area contributed by atoms with E-state index in [0.29, 0.717) is 52.7 Å². The number of piperidine rings is 1. The van der Waals surface area contributed by atoms with E-state index in [4.69, 9.17) is 24.1 Å². The average Bonchev–Trinajstić information content (AvgIpc) is 3.04. The predicted octanol–water partition coefficient (Wildman–Crippen LogP) is 5.86. The standard InChI is InChI=1S/C36H43NO5/c38-17-6-18-39-27-34-22-37-23-35(42-26-30-13-14-31-9-4-5-10-33(31)21-30)36(34)32-15-11-29(12-16-32)25-41-20-19-40-24-28-7-2-1-3-8-28/h1-5,7-16,21,34-38H,6,17-20,22-27H2. The van der Waals surface area contributed by atoms with Gasteiger partial charge in [-0.3, -0.25) is 0 Å². The number of hydrogen-bond acceptors (Lipinski definition) is 6. The van der Waals surface area contributed by atoms with E-state index in [1.54, 1.807) is 0 Å². The summed E-state index contributed by atoms with van der Waals surface area (Å²) in [5.41, 5.74) is 4.74. The molecule has 1 aliphatic heterocycles. The summed E-state index contributed by atoms with van der Waals surface area (Å²) in [4.78, 5) is 0. The summed E-state index contributed by atoms with van der Waals surface area (Å²) in [6.45, 7) is 5.83. The Morgan fingerprint density at radius 3 is 2.10 bits per heavy atom. The highest BCUT2D eigenvalue weighted by molar-refractivity contribution is 5.82. The fourth-order valence-electron chi connectivity index (χ4n) is 5.62. The second-order valence-electron chi connectivity index (χ2n) is 11.0. The van der Waals surface area contributed by atoms with Crippen LogP contribution >= 0.6 is 0 Å². The highest BCUT2D eigenvalue weighted by Gasteiger charge is 2.35. The third kappa shape index (κ3) is 8.95. The molecule has 3 atom stereocenters. The Balaban J connectivity index is 1.18. The van der Waals surface area contributed by atoms with Gasteiger partial charge in [0.25, 0.3) is 0 Å². The second-order valence-corrected chi connectivity index (χ2v) is 11.0. The fraction of sp³-hybridized carbons (Fsp3) is 0.389. The summed E-state index contributed by atoms with van der Waals surface area (Å²) in [7, 11) is 0. The molecule has 4 aromatic rings. The number of benzene rings is 4. The number of nitrogens with one attached hydrogen (secondary N) is 1. The first kappa shape index (κ1) is 30.4. The molecule has 1 saturated heterocycles. The molecule has 1 aliphatic rings. The van der Waals surface area contributed by atoms with Gasteiger partial charge in [-0.1, -0.05) is 91.0 Å². The van der Waals surface area contributed by atoms with Crippen LogP contribution in [0.2, 0.25) is 0 Å². The molecule has 5 rings (SSSR count). The van der Waals surface area contributed by atoms with Crippen LogP contribution in [0.15, 0.2) is 97.1 Å². The van der Waals surface area contributed by atoms with Crippen molar-refractivity contribution in [2.24, 2.45) is 5.92 Å². The molecule has 222 valence electrons. The molecule has 0 amide bonds. The highest BCUT2D eigenvalue weighted by atomic mass is 16.5. The molecular formula is C36H43NO5. The summed E-state index contributed by atoms with van der Waals surface area (Å²) in [5.74, 6) is 0.463. The minimum atomic E-state index is 0.0144. The molecule has 0 saturated carbocycles. The Kier molecular flexibility index (Phi) is 11.9. The molecule has 6 heteroatoms. The normalized spacial score (nSPS) is 18.8. The first-order valence-electron chi connectivity index (χ1n) is 15.1. The van der Waals surface area contributed by atoms with Gasteiger partial charge in [-0.2, -0.15) is 0 Å². The summed E-state index contributed by atoms with van der Waals surface area (Å²) >= 11 is 0. The second kappa shape index (κ2) is 16.5. The van der Waals surface area contributed by atoms with E-state index in [1.807, 2.05) is 18.2 Å². The molecule has 0 spiro atoms. The van der Waals surface area contributed by atoms with Crippen LogP contribution < -0.4 is 5.32 Å². The van der Waals surface area contributed by atoms with Crippen molar-refractivity contribution in [2.75, 3.05) is 46.1 Å². The number of ether oxygens (including phenoxy) is 4. The topological polar surface area (TPSA) is 69.2 Å². The molecule has 1 fully saturated rings. The van der Waals surface area contributed by atoms with E-state index in [2.05, 4.69) is 84.2 Å². The molecule has 0 aromatic heterocycles. The molecule has 3 unspecified atom stereocenters. The van der Waals surface area contributed by atoms with Crippen molar-refractivity contribution < 1.29 is 24.1 Å². The van der Waals surface area contributed by atoms with E-state index >= 15 is 0 Å². The van der Waals surface area contributed by atoms with Gasteiger partial charge in [-0.25, -0.2) is 0 Å². The van der Waals surface area contributed by atoms with Crippen LogP contribution in [0.1, 0.15) is 34.6 Å². The Labute approximate surface area is 249 Å². The molecule has 4 aromatic carbocycles. The van der Waals surface area contributed by atoms with E-state index < -0.39 is 0 Å². The van der Waals surface area contributed by atoms with Gasteiger partial charge in [0.05, 0.1) is 45.7 Å². The van der Waals surface area contributed by atoms with Gasteiger partial charge >= 0.3 is 0 Å². The van der Waals surface area contributed by atoms with Crippen LogP contribution in [-0.4, -0.2) is 57.3 Å². The van der Waals surface area contributed by atoms with Gasteiger partial charge in [-0.05, 0) is 45.5 Å². The van der Waals surface area contributed by atoms with Crippen molar-refractivity contribution in [1.82, 2.24) is 5.32 Å². The first-order chi connectivity index (χ1) is 20.8. The van der Waals surface area contributed by atoms with E-state index in [1.165, 1.54) is 27.5 Å². The van der Waals surface area contributed by atoms with Gasteiger partial charge in [0.2, 0.25) is 0 Å². The number of aliphatic hydroxyl groups is 1. The maximum Gasteiger partial charge on any atom is 0.0776 e. The van der Waals surface area contributed by atoms with E-state index in [0.717, 1.165) is 18.7 Å².